The monoisotopic (exact) mass is 450 g/mol. The van der Waals surface area contributed by atoms with Gasteiger partial charge < -0.3 is 15.4 Å². The van der Waals surface area contributed by atoms with Crippen molar-refractivity contribution < 1.29 is 4.74 Å². The van der Waals surface area contributed by atoms with Gasteiger partial charge in [0.2, 0.25) is 0 Å². The Labute approximate surface area is 164 Å². The third-order valence-corrected chi connectivity index (χ3v) is 4.68. The second kappa shape index (κ2) is 12.9. The molecule has 0 amide bonds. The Kier molecular flexibility index (Phi) is 11.7. The second-order valence-corrected chi connectivity index (χ2v) is 6.54. The Morgan fingerprint density at radius 3 is 2.67 bits per heavy atom. The minimum Gasteiger partial charge on any atom is -0.383 e. The predicted molar refractivity (Wildman–Crippen MR) is 112 cm³/mol. The average Bonchev–Trinajstić information content (AvgIpc) is 3.42. The second-order valence-electron chi connectivity index (χ2n) is 6.54. The highest BCUT2D eigenvalue weighted by Gasteiger charge is 2.28. The van der Waals surface area contributed by atoms with Crippen LogP contribution in [-0.4, -0.2) is 63.8 Å². The van der Waals surface area contributed by atoms with Gasteiger partial charge in [0.25, 0.3) is 0 Å². The summed E-state index contributed by atoms with van der Waals surface area (Å²) in [6, 6.07) is 0.778. The Hall–Kier alpha value is -0.340. The first kappa shape index (κ1) is 21.7. The van der Waals surface area contributed by atoms with Crippen molar-refractivity contribution in [2.24, 2.45) is 4.99 Å². The van der Waals surface area contributed by atoms with Crippen LogP contribution in [0, 0.1) is 0 Å². The van der Waals surface area contributed by atoms with Crippen LogP contribution < -0.4 is 10.6 Å². The van der Waals surface area contributed by atoms with Crippen molar-refractivity contribution in [2.45, 2.75) is 51.0 Å². The van der Waals surface area contributed by atoms with E-state index in [1.54, 1.807) is 12.7 Å². The summed E-state index contributed by atoms with van der Waals surface area (Å²) in [5.74, 6) is 0.920. The highest BCUT2D eigenvalue weighted by atomic mass is 127. The first-order valence-corrected chi connectivity index (χ1v) is 9.19. The minimum atomic E-state index is 0. The fourth-order valence-electron chi connectivity index (χ4n) is 3.14. The number of hydrogen-bond donors (Lipinski definition) is 2. The zero-order valence-corrected chi connectivity index (χ0v) is 17.7. The van der Waals surface area contributed by atoms with E-state index in [1.165, 1.54) is 38.5 Å². The maximum atomic E-state index is 5.21. The summed E-state index contributed by atoms with van der Waals surface area (Å²) in [4.78, 5) is 6.85. The van der Waals surface area contributed by atoms with Crippen molar-refractivity contribution >= 4 is 29.9 Å². The number of aliphatic imine (C=N–C) groups is 1. The SMILES string of the molecule is CN=C(NCCC1=CCCCC1)NCCN(CCOC)C1CC1.I. The van der Waals surface area contributed by atoms with Gasteiger partial charge in [-0.3, -0.25) is 9.89 Å². The highest BCUT2D eigenvalue weighted by Crippen LogP contribution is 2.26. The van der Waals surface area contributed by atoms with E-state index in [1.807, 2.05) is 7.05 Å². The van der Waals surface area contributed by atoms with Crippen LogP contribution in [0.5, 0.6) is 0 Å². The van der Waals surface area contributed by atoms with E-state index in [4.69, 9.17) is 4.74 Å². The first-order valence-electron chi connectivity index (χ1n) is 9.19. The van der Waals surface area contributed by atoms with Crippen LogP contribution in [0.2, 0.25) is 0 Å². The smallest absolute Gasteiger partial charge is 0.191 e. The molecule has 0 spiro atoms. The van der Waals surface area contributed by atoms with Gasteiger partial charge in [0.1, 0.15) is 0 Å². The van der Waals surface area contributed by atoms with Gasteiger partial charge in [-0.1, -0.05) is 11.6 Å². The molecule has 0 bridgehead atoms. The number of hydrogen-bond acceptors (Lipinski definition) is 3. The summed E-state index contributed by atoms with van der Waals surface area (Å²) in [5.41, 5.74) is 1.61. The summed E-state index contributed by atoms with van der Waals surface area (Å²) in [6.07, 6.45) is 11.5. The Morgan fingerprint density at radius 2 is 2.04 bits per heavy atom. The summed E-state index contributed by atoms with van der Waals surface area (Å²) in [6.45, 7) is 4.81. The number of nitrogens with one attached hydrogen (secondary N) is 2. The van der Waals surface area contributed by atoms with E-state index in [0.29, 0.717) is 0 Å². The number of nitrogens with zero attached hydrogens (tertiary/aromatic N) is 2. The summed E-state index contributed by atoms with van der Waals surface area (Å²) in [5, 5.41) is 6.87. The Balaban J connectivity index is 0.00000288. The van der Waals surface area contributed by atoms with Crippen molar-refractivity contribution in [2.75, 3.05) is 46.9 Å². The van der Waals surface area contributed by atoms with Crippen LogP contribution in [0.1, 0.15) is 44.9 Å². The molecule has 2 aliphatic carbocycles. The Bertz CT molecular complexity index is 396. The van der Waals surface area contributed by atoms with Crippen molar-refractivity contribution in [3.63, 3.8) is 0 Å². The number of halogens is 1. The summed E-state index contributed by atoms with van der Waals surface area (Å²) >= 11 is 0. The molecule has 140 valence electrons. The standard InChI is InChI=1S/C18H34N4O.HI/c1-19-18(20-11-10-16-6-4-3-5-7-16)21-12-13-22(14-15-23-2)17-8-9-17;/h6,17H,3-5,7-15H2,1-2H3,(H2,19,20,21);1H. The van der Waals surface area contributed by atoms with E-state index in [2.05, 4.69) is 26.6 Å². The molecule has 0 atom stereocenters. The molecule has 0 unspecified atom stereocenters. The van der Waals surface area contributed by atoms with Crippen LogP contribution in [0.15, 0.2) is 16.6 Å². The quantitative estimate of drug-likeness (QED) is 0.233. The number of allylic oxidation sites excluding steroid dienone is 1. The highest BCUT2D eigenvalue weighted by molar-refractivity contribution is 14.0. The molecule has 0 saturated heterocycles. The topological polar surface area (TPSA) is 48.9 Å². The molecule has 24 heavy (non-hydrogen) atoms. The van der Waals surface area contributed by atoms with Gasteiger partial charge in [-0.15, -0.1) is 24.0 Å². The van der Waals surface area contributed by atoms with Crippen LogP contribution in [-0.2, 0) is 4.74 Å². The molecule has 0 aromatic heterocycles. The molecular weight excluding hydrogens is 415 g/mol. The van der Waals surface area contributed by atoms with Gasteiger partial charge >= 0.3 is 0 Å². The van der Waals surface area contributed by atoms with Gasteiger partial charge in [-0.25, -0.2) is 0 Å². The van der Waals surface area contributed by atoms with Gasteiger partial charge in [0.05, 0.1) is 6.61 Å². The van der Waals surface area contributed by atoms with Gasteiger partial charge in [0, 0.05) is 46.4 Å². The number of guanidine groups is 1. The molecule has 2 aliphatic rings. The fourth-order valence-corrected chi connectivity index (χ4v) is 3.14. The van der Waals surface area contributed by atoms with E-state index < -0.39 is 0 Å². The first-order chi connectivity index (χ1) is 11.3. The lowest BCUT2D eigenvalue weighted by Gasteiger charge is -2.22. The zero-order chi connectivity index (χ0) is 16.3. The normalized spacial score (nSPS) is 18.1. The Morgan fingerprint density at radius 1 is 1.25 bits per heavy atom. The predicted octanol–water partition coefficient (Wildman–Crippen LogP) is 2.77. The van der Waals surface area contributed by atoms with Gasteiger partial charge in [-0.2, -0.15) is 0 Å². The molecule has 0 aromatic rings. The number of ether oxygens (including phenoxy) is 1. The molecule has 2 rings (SSSR count). The molecule has 5 nitrogen and oxygen atoms in total. The zero-order valence-electron chi connectivity index (χ0n) is 15.4. The third kappa shape index (κ3) is 8.67. The molecule has 0 aromatic carbocycles. The van der Waals surface area contributed by atoms with Gasteiger partial charge in [-0.05, 0) is 44.9 Å². The van der Waals surface area contributed by atoms with E-state index in [9.17, 15) is 0 Å². The lowest BCUT2D eigenvalue weighted by atomic mass is 9.97. The minimum absolute atomic E-state index is 0. The van der Waals surface area contributed by atoms with Gasteiger partial charge in [0.15, 0.2) is 5.96 Å². The average molecular weight is 450 g/mol. The van der Waals surface area contributed by atoms with E-state index >= 15 is 0 Å². The largest absolute Gasteiger partial charge is 0.383 e. The maximum absolute atomic E-state index is 5.21. The van der Waals surface area contributed by atoms with Crippen molar-refractivity contribution in [3.05, 3.63) is 11.6 Å². The molecule has 0 heterocycles. The number of methoxy groups -OCH3 is 1. The maximum Gasteiger partial charge on any atom is 0.191 e. The van der Waals surface area contributed by atoms with Crippen molar-refractivity contribution in [3.8, 4) is 0 Å². The van der Waals surface area contributed by atoms with Crippen LogP contribution in [0.3, 0.4) is 0 Å². The van der Waals surface area contributed by atoms with Crippen molar-refractivity contribution in [1.29, 1.82) is 0 Å². The van der Waals surface area contributed by atoms with Crippen LogP contribution in [0.25, 0.3) is 0 Å². The molecule has 1 fully saturated rings. The lowest BCUT2D eigenvalue weighted by Crippen LogP contribution is -2.43. The van der Waals surface area contributed by atoms with E-state index in [-0.39, 0.29) is 24.0 Å². The molecule has 6 heteroatoms. The fraction of sp³-hybridized carbons (Fsp3) is 0.833. The number of rotatable bonds is 10. The lowest BCUT2D eigenvalue weighted by molar-refractivity contribution is 0.144. The molecule has 0 aliphatic heterocycles. The molecule has 2 N–H and O–H groups in total. The summed E-state index contributed by atoms with van der Waals surface area (Å²) < 4.78 is 5.21. The molecule has 1 saturated carbocycles. The van der Waals surface area contributed by atoms with Crippen LogP contribution >= 0.6 is 24.0 Å². The van der Waals surface area contributed by atoms with E-state index in [0.717, 1.165) is 51.2 Å². The third-order valence-electron chi connectivity index (χ3n) is 4.68. The summed E-state index contributed by atoms with van der Waals surface area (Å²) in [7, 11) is 3.62. The molecule has 0 radical (unpaired) electrons. The van der Waals surface area contributed by atoms with Crippen LogP contribution in [0.4, 0.5) is 0 Å². The molecular formula is C18H35IN4O. The van der Waals surface area contributed by atoms with Crippen molar-refractivity contribution in [1.82, 2.24) is 15.5 Å².